The Hall–Kier alpha value is -0.900. The second-order valence-corrected chi connectivity index (χ2v) is 3.51. The normalized spacial score (nSPS) is 19.1. The fraction of sp³-hybridized carbons (Fsp3) is 0.500. The van der Waals surface area contributed by atoms with Gasteiger partial charge in [0.25, 0.3) is 0 Å². The number of aliphatic hydroxyl groups is 2. The molecule has 0 aliphatic carbocycles. The Kier molecular flexibility index (Phi) is 3.23. The summed E-state index contributed by atoms with van der Waals surface area (Å²) in [5.74, 6) is 0. The molecule has 1 rings (SSSR count). The molecule has 0 spiro atoms. The largest absolute Gasteiger partial charge is 0.395 e. The molecule has 0 aromatic heterocycles. The van der Waals surface area contributed by atoms with Gasteiger partial charge in [-0.1, -0.05) is 30.3 Å². The maximum absolute atomic E-state index is 10.2. The molecule has 0 radical (unpaired) electrons. The molecule has 3 heteroatoms. The van der Waals surface area contributed by atoms with Crippen LogP contribution in [0.1, 0.15) is 22.7 Å². The summed E-state index contributed by atoms with van der Waals surface area (Å²) in [4.78, 5) is 1.13. The molecule has 0 fully saturated rings. The van der Waals surface area contributed by atoms with E-state index < -0.39 is 19.1 Å². The molecular formula is C12H19NO2. The van der Waals surface area contributed by atoms with E-state index >= 15 is 0 Å². The zero-order chi connectivity index (χ0) is 13.8. The minimum absolute atomic E-state index is 0.00155. The highest BCUT2D eigenvalue weighted by molar-refractivity contribution is 5.18. The monoisotopic (exact) mass is 212 g/mol. The number of rotatable bonds is 5. The molecule has 0 saturated carbocycles. The third kappa shape index (κ3) is 3.30. The Balaban J connectivity index is 2.86. The summed E-state index contributed by atoms with van der Waals surface area (Å²) in [5, 5.41) is 19.1. The van der Waals surface area contributed by atoms with E-state index in [4.69, 9.17) is 9.22 Å². The number of aliphatic hydroxyl groups excluding tert-OH is 2. The minimum atomic E-state index is -2.34. The van der Waals surface area contributed by atoms with Crippen molar-refractivity contribution >= 4 is 0 Å². The van der Waals surface area contributed by atoms with Crippen LogP contribution in [0.2, 0.25) is 0 Å². The van der Waals surface area contributed by atoms with Crippen molar-refractivity contribution in [2.45, 2.75) is 19.1 Å². The molecule has 0 unspecified atom stereocenters. The number of nitrogens with zero attached hydrogens (tertiary/aromatic N) is 1. The van der Waals surface area contributed by atoms with Crippen LogP contribution in [0, 0.1) is 0 Å². The maximum Gasteiger partial charge on any atom is 0.0942 e. The molecule has 0 aliphatic heterocycles. The van der Waals surface area contributed by atoms with Crippen molar-refractivity contribution < 1.29 is 14.3 Å². The second-order valence-electron chi connectivity index (χ2n) is 3.51. The minimum Gasteiger partial charge on any atom is -0.395 e. The predicted octanol–water partition coefficient (Wildman–Crippen LogP) is 1.03. The lowest BCUT2D eigenvalue weighted by Crippen LogP contribution is -2.36. The van der Waals surface area contributed by atoms with E-state index in [0.717, 1.165) is 4.90 Å². The van der Waals surface area contributed by atoms with Crippen molar-refractivity contribution in [2.75, 3.05) is 20.1 Å². The van der Waals surface area contributed by atoms with Crippen LogP contribution in [-0.4, -0.2) is 41.3 Å². The van der Waals surface area contributed by atoms with Gasteiger partial charge in [0.2, 0.25) is 0 Å². The molecule has 2 N–H and O–H groups in total. The topological polar surface area (TPSA) is 43.7 Å². The van der Waals surface area contributed by atoms with Crippen molar-refractivity contribution in [3.8, 4) is 0 Å². The van der Waals surface area contributed by atoms with Crippen molar-refractivity contribution in [3.05, 3.63) is 35.9 Å². The highest BCUT2D eigenvalue weighted by Gasteiger charge is 2.19. The zero-order valence-corrected chi connectivity index (χ0v) is 8.80. The first kappa shape index (κ1) is 8.28. The van der Waals surface area contributed by atoms with Crippen molar-refractivity contribution in [2.24, 2.45) is 0 Å². The van der Waals surface area contributed by atoms with Crippen LogP contribution < -0.4 is 0 Å². The summed E-state index contributed by atoms with van der Waals surface area (Å²) in [6, 6.07) is 8.30. The average molecular weight is 212 g/mol. The maximum atomic E-state index is 10.2. The SMILES string of the molecule is [2H]C([2H])([2H])N(CCO)[C@@H](C)[C@@H](O)c1ccccc1. The lowest BCUT2D eigenvalue weighted by molar-refractivity contribution is 0.0632. The summed E-state index contributed by atoms with van der Waals surface area (Å²) in [5.41, 5.74) is 0.664. The summed E-state index contributed by atoms with van der Waals surface area (Å²) in [7, 11) is 0. The molecule has 0 saturated heterocycles. The van der Waals surface area contributed by atoms with Gasteiger partial charge in [0, 0.05) is 16.7 Å². The van der Waals surface area contributed by atoms with Gasteiger partial charge in [-0.3, -0.25) is 4.90 Å². The van der Waals surface area contributed by atoms with E-state index in [0.29, 0.717) is 5.56 Å². The van der Waals surface area contributed by atoms with Crippen molar-refractivity contribution in [1.29, 1.82) is 0 Å². The van der Waals surface area contributed by atoms with E-state index in [1.54, 1.807) is 31.2 Å². The molecule has 1 aromatic rings. The molecule has 15 heavy (non-hydrogen) atoms. The van der Waals surface area contributed by atoms with E-state index in [-0.39, 0.29) is 13.2 Å². The van der Waals surface area contributed by atoms with Crippen molar-refractivity contribution in [1.82, 2.24) is 4.90 Å². The molecule has 84 valence electrons. The molecule has 2 atom stereocenters. The third-order valence-electron chi connectivity index (χ3n) is 2.43. The standard InChI is InChI=1S/C12H19NO2/c1-10(13(2)8-9-14)12(15)11-6-4-3-5-7-11/h3-7,10,12,14-15H,8-9H2,1-2H3/t10-,12+/m0/s1/i2D3. The summed E-state index contributed by atoms with van der Waals surface area (Å²) in [6.07, 6.45) is -0.904. The Labute approximate surface area is 95.2 Å². The van der Waals surface area contributed by atoms with E-state index in [1.165, 1.54) is 0 Å². The van der Waals surface area contributed by atoms with Gasteiger partial charge < -0.3 is 10.2 Å². The zero-order valence-electron chi connectivity index (χ0n) is 11.8. The quantitative estimate of drug-likeness (QED) is 0.766. The lowest BCUT2D eigenvalue weighted by atomic mass is 10.0. The average Bonchev–Trinajstić information content (AvgIpc) is 2.34. The first-order valence-corrected chi connectivity index (χ1v) is 4.98. The predicted molar refractivity (Wildman–Crippen MR) is 60.6 cm³/mol. The summed E-state index contributed by atoms with van der Waals surface area (Å²) < 4.78 is 22.2. The highest BCUT2D eigenvalue weighted by atomic mass is 16.3. The van der Waals surface area contributed by atoms with Gasteiger partial charge in [0.15, 0.2) is 0 Å². The Morgan fingerprint density at radius 3 is 2.60 bits per heavy atom. The van der Waals surface area contributed by atoms with Gasteiger partial charge >= 0.3 is 0 Å². The van der Waals surface area contributed by atoms with Gasteiger partial charge in [-0.15, -0.1) is 0 Å². The first-order chi connectivity index (χ1) is 8.38. The van der Waals surface area contributed by atoms with Gasteiger partial charge in [0.05, 0.1) is 12.7 Å². The highest BCUT2D eigenvalue weighted by Crippen LogP contribution is 2.19. The fourth-order valence-electron chi connectivity index (χ4n) is 1.41. The summed E-state index contributed by atoms with van der Waals surface area (Å²) in [6.45, 7) is -0.955. The molecule has 0 heterocycles. The molecule has 0 bridgehead atoms. The number of hydrogen-bond acceptors (Lipinski definition) is 3. The van der Waals surface area contributed by atoms with Crippen LogP contribution >= 0.6 is 0 Å². The Morgan fingerprint density at radius 2 is 2.07 bits per heavy atom. The van der Waals surface area contributed by atoms with Crippen molar-refractivity contribution in [3.63, 3.8) is 0 Å². The summed E-state index contributed by atoms with van der Waals surface area (Å²) >= 11 is 0. The molecule has 0 aliphatic rings. The number of benzene rings is 1. The van der Waals surface area contributed by atoms with Crippen LogP contribution in [0.25, 0.3) is 0 Å². The molecule has 1 aromatic carbocycles. The molecular weight excluding hydrogens is 190 g/mol. The van der Waals surface area contributed by atoms with Crippen LogP contribution in [0.5, 0.6) is 0 Å². The van der Waals surface area contributed by atoms with Crippen LogP contribution in [0.3, 0.4) is 0 Å². The lowest BCUT2D eigenvalue weighted by Gasteiger charge is -2.28. The molecule has 0 amide bonds. The van der Waals surface area contributed by atoms with Gasteiger partial charge in [-0.2, -0.15) is 0 Å². The van der Waals surface area contributed by atoms with Crippen LogP contribution in [0.15, 0.2) is 30.3 Å². The van der Waals surface area contributed by atoms with Gasteiger partial charge in [0.1, 0.15) is 0 Å². The molecule has 3 nitrogen and oxygen atoms in total. The first-order valence-electron chi connectivity index (χ1n) is 6.48. The third-order valence-corrected chi connectivity index (χ3v) is 2.43. The second kappa shape index (κ2) is 5.85. The van der Waals surface area contributed by atoms with E-state index in [1.807, 2.05) is 6.07 Å². The number of hydrogen-bond donors (Lipinski definition) is 2. The Bertz CT molecular complexity index is 356. The van der Waals surface area contributed by atoms with Gasteiger partial charge in [-0.25, -0.2) is 0 Å². The Morgan fingerprint density at radius 1 is 1.40 bits per heavy atom. The van der Waals surface area contributed by atoms with E-state index in [2.05, 4.69) is 0 Å². The van der Waals surface area contributed by atoms with E-state index in [9.17, 15) is 5.11 Å². The number of likely N-dealkylation sites (N-methyl/N-ethyl adjacent to an activating group) is 1. The van der Waals surface area contributed by atoms with Crippen LogP contribution in [-0.2, 0) is 0 Å². The van der Waals surface area contributed by atoms with Crippen LogP contribution in [0.4, 0.5) is 0 Å². The van der Waals surface area contributed by atoms with Gasteiger partial charge in [-0.05, 0) is 19.5 Å². The fourth-order valence-corrected chi connectivity index (χ4v) is 1.41. The smallest absolute Gasteiger partial charge is 0.0942 e.